The Kier molecular flexibility index (Phi) is 4.82. The fourth-order valence-corrected chi connectivity index (χ4v) is 3.53. The first-order valence-electron chi connectivity index (χ1n) is 6.37. The number of ether oxygens (including phenoxy) is 1. The number of esters is 1. The SMILES string of the molecule is NS(=O)(=O)c1cc(Br)cc(C(=O)OCC2CCCC2)c1. The number of benzene rings is 1. The zero-order chi connectivity index (χ0) is 14.8. The molecule has 1 aromatic carbocycles. The normalized spacial score (nSPS) is 16.3. The quantitative estimate of drug-likeness (QED) is 0.834. The number of primary sulfonamides is 1. The van der Waals surface area contributed by atoms with Crippen LogP contribution in [0.25, 0.3) is 0 Å². The highest BCUT2D eigenvalue weighted by Gasteiger charge is 2.19. The molecule has 7 heteroatoms. The zero-order valence-electron chi connectivity index (χ0n) is 10.8. The van der Waals surface area contributed by atoms with Gasteiger partial charge < -0.3 is 4.74 Å². The third-order valence-electron chi connectivity index (χ3n) is 3.36. The minimum absolute atomic E-state index is 0.111. The average molecular weight is 362 g/mol. The first-order chi connectivity index (χ1) is 9.36. The molecule has 5 nitrogen and oxygen atoms in total. The number of carbonyl (C=O) groups is 1. The molecule has 1 aliphatic carbocycles. The largest absolute Gasteiger partial charge is 0.462 e. The van der Waals surface area contributed by atoms with Gasteiger partial charge in [0, 0.05) is 4.47 Å². The second-order valence-electron chi connectivity index (χ2n) is 4.97. The zero-order valence-corrected chi connectivity index (χ0v) is 13.2. The second kappa shape index (κ2) is 6.24. The molecular formula is C13H16BrNO4S. The van der Waals surface area contributed by atoms with Crippen molar-refractivity contribution >= 4 is 31.9 Å². The van der Waals surface area contributed by atoms with Gasteiger partial charge in [-0.25, -0.2) is 18.4 Å². The highest BCUT2D eigenvalue weighted by atomic mass is 79.9. The smallest absolute Gasteiger partial charge is 0.338 e. The Balaban J connectivity index is 2.11. The molecule has 0 heterocycles. The molecule has 0 aromatic heterocycles. The van der Waals surface area contributed by atoms with Crippen LogP contribution in [0.15, 0.2) is 27.6 Å². The lowest BCUT2D eigenvalue weighted by Crippen LogP contribution is -2.15. The minimum Gasteiger partial charge on any atom is -0.462 e. The number of hydrogen-bond acceptors (Lipinski definition) is 4. The fraction of sp³-hybridized carbons (Fsp3) is 0.462. The van der Waals surface area contributed by atoms with Crippen LogP contribution >= 0.6 is 15.9 Å². The number of hydrogen-bond donors (Lipinski definition) is 1. The average Bonchev–Trinajstić information content (AvgIpc) is 2.87. The molecule has 2 rings (SSSR count). The van der Waals surface area contributed by atoms with Crippen molar-refractivity contribution in [2.75, 3.05) is 6.61 Å². The van der Waals surface area contributed by atoms with Crippen LogP contribution in [0.2, 0.25) is 0 Å². The van der Waals surface area contributed by atoms with Crippen LogP contribution in [0, 0.1) is 5.92 Å². The molecule has 1 aliphatic rings. The van der Waals surface area contributed by atoms with Gasteiger partial charge in [0.05, 0.1) is 17.1 Å². The van der Waals surface area contributed by atoms with E-state index in [-0.39, 0.29) is 10.5 Å². The van der Waals surface area contributed by atoms with Crippen molar-refractivity contribution in [1.29, 1.82) is 0 Å². The maximum atomic E-state index is 12.0. The third kappa shape index (κ3) is 4.04. The van der Waals surface area contributed by atoms with Crippen LogP contribution in [0.4, 0.5) is 0 Å². The van der Waals surface area contributed by atoms with E-state index in [4.69, 9.17) is 9.88 Å². The molecule has 1 fully saturated rings. The Hall–Kier alpha value is -0.920. The number of rotatable bonds is 4. The Morgan fingerprint density at radius 1 is 1.30 bits per heavy atom. The Bertz CT molecular complexity index is 609. The summed E-state index contributed by atoms with van der Waals surface area (Å²) in [6, 6.07) is 4.10. The van der Waals surface area contributed by atoms with Crippen molar-refractivity contribution in [2.45, 2.75) is 30.6 Å². The molecule has 0 unspecified atom stereocenters. The first kappa shape index (κ1) is 15.5. The molecule has 0 amide bonds. The fourth-order valence-electron chi connectivity index (χ4n) is 2.30. The topological polar surface area (TPSA) is 86.5 Å². The summed E-state index contributed by atoms with van der Waals surface area (Å²) in [5, 5.41) is 5.07. The van der Waals surface area contributed by atoms with Gasteiger partial charge in [-0.3, -0.25) is 0 Å². The van der Waals surface area contributed by atoms with Crippen LogP contribution in [-0.4, -0.2) is 21.0 Å². The van der Waals surface area contributed by atoms with E-state index in [0.717, 1.165) is 12.8 Å². The summed E-state index contributed by atoms with van der Waals surface area (Å²) in [5.74, 6) is -0.105. The van der Waals surface area contributed by atoms with Crippen molar-refractivity contribution in [2.24, 2.45) is 11.1 Å². The molecule has 0 atom stereocenters. The van der Waals surface area contributed by atoms with E-state index in [0.29, 0.717) is 17.0 Å². The van der Waals surface area contributed by atoms with Gasteiger partial charge in [0.25, 0.3) is 0 Å². The molecule has 0 radical (unpaired) electrons. The van der Waals surface area contributed by atoms with Gasteiger partial charge in [0.1, 0.15) is 0 Å². The molecule has 0 spiro atoms. The highest BCUT2D eigenvalue weighted by Crippen LogP contribution is 2.25. The van der Waals surface area contributed by atoms with Crippen molar-refractivity contribution < 1.29 is 17.9 Å². The molecule has 1 aromatic rings. The summed E-state index contributed by atoms with van der Waals surface area (Å²) in [5.41, 5.74) is 0.182. The van der Waals surface area contributed by atoms with Crippen LogP contribution < -0.4 is 5.14 Å². The number of carbonyl (C=O) groups excluding carboxylic acids is 1. The van der Waals surface area contributed by atoms with Gasteiger partial charge in [0.2, 0.25) is 10.0 Å². The van der Waals surface area contributed by atoms with Crippen molar-refractivity contribution in [3.63, 3.8) is 0 Å². The first-order valence-corrected chi connectivity index (χ1v) is 8.71. The van der Waals surface area contributed by atoms with Gasteiger partial charge in [-0.1, -0.05) is 28.8 Å². The van der Waals surface area contributed by atoms with Crippen molar-refractivity contribution in [3.05, 3.63) is 28.2 Å². The highest BCUT2D eigenvalue weighted by molar-refractivity contribution is 9.10. The summed E-state index contributed by atoms with van der Waals surface area (Å²) in [4.78, 5) is 11.8. The van der Waals surface area contributed by atoms with Crippen LogP contribution in [0.1, 0.15) is 36.0 Å². The maximum Gasteiger partial charge on any atom is 0.338 e. The third-order valence-corrected chi connectivity index (χ3v) is 4.71. The van der Waals surface area contributed by atoms with Gasteiger partial charge in [0.15, 0.2) is 0 Å². The summed E-state index contributed by atoms with van der Waals surface area (Å²) >= 11 is 3.16. The van der Waals surface area contributed by atoms with Gasteiger partial charge in [-0.2, -0.15) is 0 Å². The summed E-state index contributed by atoms with van der Waals surface area (Å²) in [6.07, 6.45) is 4.51. The van der Waals surface area contributed by atoms with E-state index < -0.39 is 16.0 Å². The summed E-state index contributed by atoms with van der Waals surface area (Å²) in [6.45, 7) is 0.385. The monoisotopic (exact) mass is 361 g/mol. The lowest BCUT2D eigenvalue weighted by Gasteiger charge is -2.10. The Morgan fingerprint density at radius 2 is 1.95 bits per heavy atom. The van der Waals surface area contributed by atoms with E-state index in [1.54, 1.807) is 0 Å². The van der Waals surface area contributed by atoms with Gasteiger partial charge in [-0.05, 0) is 37.0 Å². The van der Waals surface area contributed by atoms with E-state index in [9.17, 15) is 13.2 Å². The minimum atomic E-state index is -3.85. The van der Waals surface area contributed by atoms with E-state index in [1.165, 1.54) is 31.0 Å². The van der Waals surface area contributed by atoms with Crippen LogP contribution in [0.5, 0.6) is 0 Å². The predicted octanol–water partition coefficient (Wildman–Crippen LogP) is 2.44. The Labute approximate surface area is 126 Å². The van der Waals surface area contributed by atoms with Gasteiger partial charge >= 0.3 is 5.97 Å². The lowest BCUT2D eigenvalue weighted by molar-refractivity contribution is 0.0442. The van der Waals surface area contributed by atoms with Crippen LogP contribution in [0.3, 0.4) is 0 Å². The molecule has 1 saturated carbocycles. The van der Waals surface area contributed by atoms with Crippen molar-refractivity contribution in [1.82, 2.24) is 0 Å². The summed E-state index contributed by atoms with van der Waals surface area (Å²) < 4.78 is 28.4. The number of sulfonamides is 1. The number of halogens is 1. The lowest BCUT2D eigenvalue weighted by atomic mass is 10.1. The molecule has 2 N–H and O–H groups in total. The molecule has 20 heavy (non-hydrogen) atoms. The van der Waals surface area contributed by atoms with Crippen molar-refractivity contribution in [3.8, 4) is 0 Å². The molecule has 0 bridgehead atoms. The Morgan fingerprint density at radius 3 is 2.55 bits per heavy atom. The van der Waals surface area contributed by atoms with Gasteiger partial charge in [-0.15, -0.1) is 0 Å². The van der Waals surface area contributed by atoms with E-state index in [2.05, 4.69) is 15.9 Å². The molecular weight excluding hydrogens is 346 g/mol. The standard InChI is InChI=1S/C13H16BrNO4S/c14-11-5-10(6-12(7-11)20(15,17)18)13(16)19-8-9-3-1-2-4-9/h5-7,9H,1-4,8H2,(H2,15,17,18). The molecule has 110 valence electrons. The molecule has 0 aliphatic heterocycles. The maximum absolute atomic E-state index is 12.0. The summed E-state index contributed by atoms with van der Waals surface area (Å²) in [7, 11) is -3.85. The second-order valence-corrected chi connectivity index (χ2v) is 7.45. The van der Waals surface area contributed by atoms with Crippen LogP contribution in [-0.2, 0) is 14.8 Å². The van der Waals surface area contributed by atoms with E-state index >= 15 is 0 Å². The van der Waals surface area contributed by atoms with E-state index in [1.807, 2.05) is 0 Å². The molecule has 0 saturated heterocycles. The predicted molar refractivity (Wildman–Crippen MR) is 77.8 cm³/mol. The number of nitrogens with two attached hydrogens (primary N) is 1.